The maximum absolute atomic E-state index is 9.33. The first kappa shape index (κ1) is 6.56. The lowest BCUT2D eigenvalue weighted by atomic mass is 9.94. The Morgan fingerprint density at radius 2 is 2.22 bits per heavy atom. The predicted molar refractivity (Wildman–Crippen MR) is 38.1 cm³/mol. The molecule has 0 aliphatic heterocycles. The fraction of sp³-hybridized carbons (Fsp3) is 0.500. The summed E-state index contributed by atoms with van der Waals surface area (Å²) in [6, 6.07) is 0. The van der Waals surface area contributed by atoms with Crippen LogP contribution in [0, 0.1) is 5.92 Å². The lowest BCUT2D eigenvalue weighted by Gasteiger charge is -2.18. The van der Waals surface area contributed by atoms with Gasteiger partial charge in [-0.2, -0.15) is 0 Å². The molecule has 2 atom stereocenters. The standard InChI is InChI=1S/C8H12O/c1-6-4-3-5-7(2)8(6)9/h3-6,8-9H,1-2H3/t6-,8?/m0/s1. The molecule has 0 radical (unpaired) electrons. The second-order valence-electron chi connectivity index (χ2n) is 2.60. The smallest absolute Gasteiger partial charge is 0.0810 e. The Bertz CT molecular complexity index is 156. The molecule has 0 spiro atoms. The first-order chi connectivity index (χ1) is 4.22. The van der Waals surface area contributed by atoms with Crippen molar-refractivity contribution in [2.45, 2.75) is 20.0 Å². The fourth-order valence-corrected chi connectivity index (χ4v) is 1.00. The minimum Gasteiger partial charge on any atom is -0.388 e. The van der Waals surface area contributed by atoms with Crippen molar-refractivity contribution >= 4 is 0 Å². The molecule has 1 aliphatic carbocycles. The largest absolute Gasteiger partial charge is 0.388 e. The second kappa shape index (κ2) is 2.36. The van der Waals surface area contributed by atoms with Crippen LogP contribution in [0.2, 0.25) is 0 Å². The second-order valence-corrected chi connectivity index (χ2v) is 2.60. The average Bonchev–Trinajstić information content (AvgIpc) is 1.83. The Morgan fingerprint density at radius 3 is 2.67 bits per heavy atom. The van der Waals surface area contributed by atoms with Crippen molar-refractivity contribution in [2.75, 3.05) is 0 Å². The zero-order valence-electron chi connectivity index (χ0n) is 5.83. The van der Waals surface area contributed by atoms with Crippen molar-refractivity contribution in [2.24, 2.45) is 5.92 Å². The van der Waals surface area contributed by atoms with E-state index in [9.17, 15) is 5.11 Å². The highest BCUT2D eigenvalue weighted by atomic mass is 16.3. The van der Waals surface area contributed by atoms with Gasteiger partial charge in [-0.05, 0) is 12.5 Å². The molecule has 1 N–H and O–H groups in total. The van der Waals surface area contributed by atoms with Crippen LogP contribution in [0.3, 0.4) is 0 Å². The van der Waals surface area contributed by atoms with E-state index >= 15 is 0 Å². The van der Waals surface area contributed by atoms with Gasteiger partial charge in [0.15, 0.2) is 0 Å². The molecule has 50 valence electrons. The van der Waals surface area contributed by atoms with Crippen molar-refractivity contribution in [1.29, 1.82) is 0 Å². The van der Waals surface area contributed by atoms with Gasteiger partial charge in [0.1, 0.15) is 0 Å². The van der Waals surface area contributed by atoms with E-state index < -0.39 is 0 Å². The molecule has 1 rings (SSSR count). The quantitative estimate of drug-likeness (QED) is 0.519. The molecule has 0 aromatic heterocycles. The van der Waals surface area contributed by atoms with E-state index in [1.807, 2.05) is 32.1 Å². The van der Waals surface area contributed by atoms with Crippen LogP contribution in [-0.2, 0) is 0 Å². The van der Waals surface area contributed by atoms with Gasteiger partial charge < -0.3 is 5.11 Å². The van der Waals surface area contributed by atoms with Crippen molar-refractivity contribution in [3.05, 3.63) is 23.8 Å². The van der Waals surface area contributed by atoms with E-state index in [1.54, 1.807) is 0 Å². The Kier molecular flexibility index (Phi) is 1.72. The van der Waals surface area contributed by atoms with Crippen LogP contribution in [-0.4, -0.2) is 11.2 Å². The van der Waals surface area contributed by atoms with Crippen LogP contribution in [0.1, 0.15) is 13.8 Å². The Balaban J connectivity index is 2.73. The lowest BCUT2D eigenvalue weighted by Crippen LogP contribution is -2.18. The van der Waals surface area contributed by atoms with E-state index in [-0.39, 0.29) is 12.0 Å². The molecule has 0 aromatic carbocycles. The summed E-state index contributed by atoms with van der Waals surface area (Å²) in [6.07, 6.45) is 5.70. The number of allylic oxidation sites excluding steroid dienone is 2. The Labute approximate surface area is 55.7 Å². The van der Waals surface area contributed by atoms with Crippen LogP contribution in [0.25, 0.3) is 0 Å². The van der Waals surface area contributed by atoms with Gasteiger partial charge in [-0.15, -0.1) is 0 Å². The normalized spacial score (nSPS) is 34.3. The zero-order chi connectivity index (χ0) is 6.85. The minimum absolute atomic E-state index is 0.255. The van der Waals surface area contributed by atoms with Crippen LogP contribution in [0.15, 0.2) is 23.8 Å². The van der Waals surface area contributed by atoms with Crippen molar-refractivity contribution in [1.82, 2.24) is 0 Å². The summed E-state index contributed by atoms with van der Waals surface area (Å²) in [6.45, 7) is 3.96. The highest BCUT2D eigenvalue weighted by Crippen LogP contribution is 2.17. The molecule has 1 aliphatic rings. The summed E-state index contributed by atoms with van der Waals surface area (Å²) in [4.78, 5) is 0. The summed E-state index contributed by atoms with van der Waals surface area (Å²) < 4.78 is 0. The van der Waals surface area contributed by atoms with Gasteiger partial charge in [-0.1, -0.05) is 25.2 Å². The van der Waals surface area contributed by atoms with Gasteiger partial charge in [0.2, 0.25) is 0 Å². The maximum atomic E-state index is 9.33. The summed E-state index contributed by atoms with van der Waals surface area (Å²) in [5.41, 5.74) is 1.06. The molecule has 0 saturated heterocycles. The number of aliphatic hydroxyl groups is 1. The molecule has 1 nitrogen and oxygen atoms in total. The third-order valence-corrected chi connectivity index (χ3v) is 1.74. The fourth-order valence-electron chi connectivity index (χ4n) is 1.00. The number of hydrogen-bond donors (Lipinski definition) is 1. The van der Waals surface area contributed by atoms with Crippen molar-refractivity contribution in [3.8, 4) is 0 Å². The zero-order valence-corrected chi connectivity index (χ0v) is 5.83. The molecule has 0 saturated carbocycles. The van der Waals surface area contributed by atoms with Gasteiger partial charge in [0.05, 0.1) is 6.10 Å². The van der Waals surface area contributed by atoms with E-state index in [0.717, 1.165) is 5.57 Å². The lowest BCUT2D eigenvalue weighted by molar-refractivity contribution is 0.171. The summed E-state index contributed by atoms with van der Waals surface area (Å²) >= 11 is 0. The van der Waals surface area contributed by atoms with Crippen molar-refractivity contribution < 1.29 is 5.11 Å². The molecule has 0 fully saturated rings. The van der Waals surface area contributed by atoms with Gasteiger partial charge >= 0.3 is 0 Å². The molecule has 0 bridgehead atoms. The number of aliphatic hydroxyl groups excluding tert-OH is 1. The summed E-state index contributed by atoms with van der Waals surface area (Å²) in [5.74, 6) is 0.287. The average molecular weight is 124 g/mol. The highest BCUT2D eigenvalue weighted by molar-refractivity contribution is 5.21. The third kappa shape index (κ3) is 1.22. The van der Waals surface area contributed by atoms with Gasteiger partial charge in [0.25, 0.3) is 0 Å². The molecule has 9 heavy (non-hydrogen) atoms. The molecular formula is C8H12O. The van der Waals surface area contributed by atoms with Crippen LogP contribution in [0.5, 0.6) is 0 Å². The van der Waals surface area contributed by atoms with E-state index in [2.05, 4.69) is 0 Å². The number of hydrogen-bond acceptors (Lipinski definition) is 1. The van der Waals surface area contributed by atoms with Crippen molar-refractivity contribution in [3.63, 3.8) is 0 Å². The van der Waals surface area contributed by atoms with Gasteiger partial charge in [-0.3, -0.25) is 0 Å². The molecule has 1 heteroatoms. The molecule has 0 aromatic rings. The monoisotopic (exact) mass is 124 g/mol. The summed E-state index contributed by atoms with van der Waals surface area (Å²) in [5, 5.41) is 9.33. The predicted octanol–water partition coefficient (Wildman–Crippen LogP) is 1.50. The Hall–Kier alpha value is -0.560. The topological polar surface area (TPSA) is 20.2 Å². The Morgan fingerprint density at radius 1 is 1.56 bits per heavy atom. The first-order valence-electron chi connectivity index (χ1n) is 3.25. The van der Waals surface area contributed by atoms with Crippen LogP contribution >= 0.6 is 0 Å². The maximum Gasteiger partial charge on any atom is 0.0810 e. The summed E-state index contributed by atoms with van der Waals surface area (Å²) in [7, 11) is 0. The number of rotatable bonds is 0. The SMILES string of the molecule is CC1=CC=C[C@H](C)C1O. The highest BCUT2D eigenvalue weighted by Gasteiger charge is 2.14. The van der Waals surface area contributed by atoms with Crippen LogP contribution in [0.4, 0.5) is 0 Å². The first-order valence-corrected chi connectivity index (χ1v) is 3.25. The van der Waals surface area contributed by atoms with E-state index in [0.29, 0.717) is 0 Å². The van der Waals surface area contributed by atoms with Gasteiger partial charge in [0, 0.05) is 5.92 Å². The van der Waals surface area contributed by atoms with Crippen LogP contribution < -0.4 is 0 Å². The molecular weight excluding hydrogens is 112 g/mol. The molecule has 0 amide bonds. The molecule has 1 unspecified atom stereocenters. The van der Waals surface area contributed by atoms with E-state index in [1.165, 1.54) is 0 Å². The molecule has 0 heterocycles. The third-order valence-electron chi connectivity index (χ3n) is 1.74. The van der Waals surface area contributed by atoms with E-state index in [4.69, 9.17) is 0 Å². The van der Waals surface area contributed by atoms with Gasteiger partial charge in [-0.25, -0.2) is 0 Å². The minimum atomic E-state index is -0.255.